The topological polar surface area (TPSA) is 26.0 Å². The molecule has 1 rings (SSSR count). The van der Waals surface area contributed by atoms with Gasteiger partial charge in [-0.25, -0.2) is 0 Å². The lowest BCUT2D eigenvalue weighted by molar-refractivity contribution is 0.915. The van der Waals surface area contributed by atoms with Crippen LogP contribution in [0.4, 0.5) is 0 Å². The molecule has 12 heavy (non-hydrogen) atoms. The van der Waals surface area contributed by atoms with Gasteiger partial charge in [0.05, 0.1) is 0 Å². The number of benzene rings is 1. The molecule has 0 spiro atoms. The Morgan fingerprint density at radius 1 is 1.33 bits per heavy atom. The SMILES string of the molecule is C=C[C@H](N)c1ccc(Cl)cc1.Cl. The molecule has 66 valence electrons. The third-order valence-corrected chi connectivity index (χ3v) is 1.76. The minimum absolute atomic E-state index is 0. The summed E-state index contributed by atoms with van der Waals surface area (Å²) in [5.41, 5.74) is 6.72. The normalized spacial score (nSPS) is 11.5. The summed E-state index contributed by atoms with van der Waals surface area (Å²) in [4.78, 5) is 0. The van der Waals surface area contributed by atoms with Crippen LogP contribution in [0.25, 0.3) is 0 Å². The van der Waals surface area contributed by atoms with Crippen molar-refractivity contribution < 1.29 is 0 Å². The van der Waals surface area contributed by atoms with E-state index in [-0.39, 0.29) is 18.4 Å². The van der Waals surface area contributed by atoms with Crippen molar-refractivity contribution in [3.05, 3.63) is 47.5 Å². The highest BCUT2D eigenvalue weighted by atomic mass is 35.5. The van der Waals surface area contributed by atoms with E-state index >= 15 is 0 Å². The Kier molecular flexibility index (Phi) is 4.98. The summed E-state index contributed by atoms with van der Waals surface area (Å²) in [6.07, 6.45) is 1.70. The van der Waals surface area contributed by atoms with Crippen molar-refractivity contribution in [3.8, 4) is 0 Å². The van der Waals surface area contributed by atoms with E-state index in [1.165, 1.54) is 0 Å². The van der Waals surface area contributed by atoms with Crippen molar-refractivity contribution in [3.63, 3.8) is 0 Å². The average molecular weight is 204 g/mol. The molecule has 3 heteroatoms. The molecule has 0 aliphatic heterocycles. The van der Waals surface area contributed by atoms with E-state index in [9.17, 15) is 0 Å². The van der Waals surface area contributed by atoms with E-state index in [1.807, 2.05) is 24.3 Å². The number of hydrogen-bond donors (Lipinski definition) is 1. The minimum Gasteiger partial charge on any atom is -0.321 e. The van der Waals surface area contributed by atoms with Crippen molar-refractivity contribution in [2.45, 2.75) is 6.04 Å². The number of hydrogen-bond acceptors (Lipinski definition) is 1. The molecule has 0 aliphatic carbocycles. The first-order valence-electron chi connectivity index (χ1n) is 3.37. The fourth-order valence-electron chi connectivity index (χ4n) is 0.821. The predicted octanol–water partition coefficient (Wildman–Crippen LogP) is 2.95. The fourth-order valence-corrected chi connectivity index (χ4v) is 0.947. The molecule has 0 radical (unpaired) electrons. The van der Waals surface area contributed by atoms with Crippen LogP contribution in [-0.4, -0.2) is 0 Å². The second-order valence-electron chi connectivity index (χ2n) is 2.31. The lowest BCUT2D eigenvalue weighted by Crippen LogP contribution is -2.05. The van der Waals surface area contributed by atoms with Crippen LogP contribution in [0.2, 0.25) is 5.02 Å². The van der Waals surface area contributed by atoms with E-state index in [1.54, 1.807) is 6.08 Å². The first kappa shape index (κ1) is 11.5. The number of nitrogens with two attached hydrogens (primary N) is 1. The summed E-state index contributed by atoms with van der Waals surface area (Å²) in [5.74, 6) is 0. The zero-order valence-electron chi connectivity index (χ0n) is 6.53. The van der Waals surface area contributed by atoms with Crippen LogP contribution in [0.15, 0.2) is 36.9 Å². The lowest BCUT2D eigenvalue weighted by Gasteiger charge is -2.04. The van der Waals surface area contributed by atoms with Gasteiger partial charge in [-0.1, -0.05) is 29.8 Å². The van der Waals surface area contributed by atoms with Crippen LogP contribution in [0, 0.1) is 0 Å². The maximum Gasteiger partial charge on any atom is 0.0478 e. The molecule has 0 saturated carbocycles. The molecular weight excluding hydrogens is 193 g/mol. The molecule has 1 nitrogen and oxygen atoms in total. The van der Waals surface area contributed by atoms with Gasteiger partial charge in [0.1, 0.15) is 0 Å². The maximum atomic E-state index is 5.69. The highest BCUT2D eigenvalue weighted by Gasteiger charge is 1.98. The molecule has 2 N–H and O–H groups in total. The first-order chi connectivity index (χ1) is 5.24. The Morgan fingerprint density at radius 3 is 2.25 bits per heavy atom. The van der Waals surface area contributed by atoms with E-state index < -0.39 is 0 Å². The smallest absolute Gasteiger partial charge is 0.0478 e. The zero-order valence-corrected chi connectivity index (χ0v) is 8.11. The van der Waals surface area contributed by atoms with Crippen LogP contribution in [0.5, 0.6) is 0 Å². The molecule has 0 unspecified atom stereocenters. The van der Waals surface area contributed by atoms with Gasteiger partial charge in [-0.05, 0) is 17.7 Å². The molecule has 0 aromatic heterocycles. The summed E-state index contributed by atoms with van der Waals surface area (Å²) in [5, 5.41) is 0.727. The lowest BCUT2D eigenvalue weighted by atomic mass is 10.1. The predicted molar refractivity (Wildman–Crippen MR) is 55.8 cm³/mol. The highest BCUT2D eigenvalue weighted by molar-refractivity contribution is 6.30. The summed E-state index contributed by atoms with van der Waals surface area (Å²) in [7, 11) is 0. The number of rotatable bonds is 2. The van der Waals surface area contributed by atoms with E-state index in [0.717, 1.165) is 10.6 Å². The Labute approximate surface area is 83.6 Å². The Balaban J connectivity index is 0.00000121. The molecule has 0 heterocycles. The van der Waals surface area contributed by atoms with E-state index in [0.29, 0.717) is 0 Å². The highest BCUT2D eigenvalue weighted by Crippen LogP contribution is 2.14. The van der Waals surface area contributed by atoms with Gasteiger partial charge in [0.2, 0.25) is 0 Å². The summed E-state index contributed by atoms with van der Waals surface area (Å²) in [6.45, 7) is 3.60. The second-order valence-corrected chi connectivity index (χ2v) is 2.75. The van der Waals surface area contributed by atoms with Crippen LogP contribution in [0.3, 0.4) is 0 Å². The molecular formula is C9H11Cl2N. The molecule has 0 fully saturated rings. The van der Waals surface area contributed by atoms with Gasteiger partial charge in [-0.3, -0.25) is 0 Å². The van der Waals surface area contributed by atoms with Crippen LogP contribution >= 0.6 is 24.0 Å². The second kappa shape index (κ2) is 5.20. The molecule has 1 aromatic rings. The van der Waals surface area contributed by atoms with Crippen molar-refractivity contribution in [1.29, 1.82) is 0 Å². The average Bonchev–Trinajstić information content (AvgIpc) is 2.05. The van der Waals surface area contributed by atoms with Gasteiger partial charge >= 0.3 is 0 Å². The van der Waals surface area contributed by atoms with E-state index in [2.05, 4.69) is 6.58 Å². The molecule has 0 saturated heterocycles. The van der Waals surface area contributed by atoms with Gasteiger partial charge in [0.15, 0.2) is 0 Å². The van der Waals surface area contributed by atoms with Crippen molar-refractivity contribution in [2.75, 3.05) is 0 Å². The monoisotopic (exact) mass is 203 g/mol. The first-order valence-corrected chi connectivity index (χ1v) is 3.75. The van der Waals surface area contributed by atoms with Gasteiger partial charge in [-0.15, -0.1) is 19.0 Å². The van der Waals surface area contributed by atoms with Gasteiger partial charge in [-0.2, -0.15) is 0 Å². The molecule has 1 atom stereocenters. The third-order valence-electron chi connectivity index (χ3n) is 1.51. The molecule has 1 aromatic carbocycles. The summed E-state index contributed by atoms with van der Waals surface area (Å²) < 4.78 is 0. The summed E-state index contributed by atoms with van der Waals surface area (Å²) >= 11 is 5.69. The fraction of sp³-hybridized carbons (Fsp3) is 0.111. The quantitative estimate of drug-likeness (QED) is 0.736. The molecule has 0 aliphatic rings. The Hall–Kier alpha value is -0.500. The molecule has 0 amide bonds. The Bertz CT molecular complexity index is 243. The van der Waals surface area contributed by atoms with E-state index in [4.69, 9.17) is 17.3 Å². The zero-order chi connectivity index (χ0) is 8.27. The van der Waals surface area contributed by atoms with Gasteiger partial charge < -0.3 is 5.73 Å². The standard InChI is InChI=1S/C9H10ClN.ClH/c1-2-9(11)7-3-5-8(10)6-4-7;/h2-6,9H,1,11H2;1H/t9-;/m0./s1. The van der Waals surface area contributed by atoms with Crippen LogP contribution in [-0.2, 0) is 0 Å². The van der Waals surface area contributed by atoms with Gasteiger partial charge in [0.25, 0.3) is 0 Å². The largest absolute Gasteiger partial charge is 0.321 e. The van der Waals surface area contributed by atoms with Crippen LogP contribution < -0.4 is 5.73 Å². The maximum absolute atomic E-state index is 5.69. The van der Waals surface area contributed by atoms with Crippen molar-refractivity contribution in [2.24, 2.45) is 5.73 Å². The van der Waals surface area contributed by atoms with Crippen molar-refractivity contribution in [1.82, 2.24) is 0 Å². The van der Waals surface area contributed by atoms with Gasteiger partial charge in [0, 0.05) is 11.1 Å². The Morgan fingerprint density at radius 2 is 1.83 bits per heavy atom. The van der Waals surface area contributed by atoms with Crippen molar-refractivity contribution >= 4 is 24.0 Å². The van der Waals surface area contributed by atoms with Crippen LogP contribution in [0.1, 0.15) is 11.6 Å². The summed E-state index contributed by atoms with van der Waals surface area (Å²) in [6, 6.07) is 7.34. The minimum atomic E-state index is -0.0905. The third kappa shape index (κ3) is 2.86. The number of halogens is 2. The molecule has 0 bridgehead atoms.